The van der Waals surface area contributed by atoms with E-state index in [-0.39, 0.29) is 29.2 Å². The lowest BCUT2D eigenvalue weighted by Gasteiger charge is -2.60. The van der Waals surface area contributed by atoms with Crippen molar-refractivity contribution in [2.75, 3.05) is 20.1 Å². The highest BCUT2D eigenvalue weighted by molar-refractivity contribution is 9.10. The number of phenols is 1. The van der Waals surface area contributed by atoms with Crippen LogP contribution in [0.5, 0.6) is 11.5 Å². The standard InChI is InChI=1S/C33H35BrN2O3S/c1-20-16-28(37)31-30-24(20)18-27-25-9-10-26(35(2)29(38)11-8-23-17-22(34)19-40-23)32(39-31)33(25,30)13-15-36(27)14-12-21-6-4-3-5-7-21/h3-8,11,16-17,19,25-27,32,37H,9-10,12-15,18H2,1-2H3/b11-8+/t25-,26+,27+,32-,33-/m0/s1. The number of amides is 1. The second-order valence-corrected chi connectivity index (χ2v) is 13.8. The molecule has 3 heterocycles. The van der Waals surface area contributed by atoms with Gasteiger partial charge in [-0.15, -0.1) is 11.3 Å². The zero-order valence-electron chi connectivity index (χ0n) is 23.0. The Labute approximate surface area is 248 Å². The molecule has 3 aromatic rings. The lowest BCUT2D eigenvalue weighted by Crippen LogP contribution is -2.69. The summed E-state index contributed by atoms with van der Waals surface area (Å²) in [7, 11) is 1.92. The van der Waals surface area contributed by atoms with Gasteiger partial charge in [0, 0.05) is 51.4 Å². The summed E-state index contributed by atoms with van der Waals surface area (Å²) in [6.07, 6.45) is 8.46. The van der Waals surface area contributed by atoms with Crippen LogP contribution < -0.4 is 4.74 Å². The van der Waals surface area contributed by atoms with Gasteiger partial charge in [-0.2, -0.15) is 0 Å². The summed E-state index contributed by atoms with van der Waals surface area (Å²) in [6, 6.07) is 15.1. The maximum absolute atomic E-state index is 13.4. The Morgan fingerprint density at radius 1 is 1.27 bits per heavy atom. The Morgan fingerprint density at radius 3 is 2.88 bits per heavy atom. The minimum absolute atomic E-state index is 0.00258. The van der Waals surface area contributed by atoms with E-state index in [0.717, 1.165) is 60.1 Å². The molecule has 0 unspecified atom stereocenters. The van der Waals surface area contributed by atoms with Crippen molar-refractivity contribution in [1.82, 2.24) is 9.80 Å². The number of aryl methyl sites for hydroxylation is 1. The molecule has 1 N–H and O–H groups in total. The van der Waals surface area contributed by atoms with E-state index in [1.54, 1.807) is 17.4 Å². The zero-order valence-corrected chi connectivity index (χ0v) is 25.4. The van der Waals surface area contributed by atoms with Gasteiger partial charge in [-0.3, -0.25) is 9.69 Å². The summed E-state index contributed by atoms with van der Waals surface area (Å²) in [4.78, 5) is 19.1. The van der Waals surface area contributed by atoms with Crippen LogP contribution in [0.1, 0.15) is 46.4 Å². The van der Waals surface area contributed by atoms with Crippen molar-refractivity contribution in [3.05, 3.63) is 85.5 Å². The Hall–Kier alpha value is -2.61. The maximum Gasteiger partial charge on any atom is 0.246 e. The van der Waals surface area contributed by atoms with E-state index < -0.39 is 0 Å². The van der Waals surface area contributed by atoms with Crippen LogP contribution in [0.2, 0.25) is 0 Å². The van der Waals surface area contributed by atoms with Gasteiger partial charge in [-0.25, -0.2) is 0 Å². The van der Waals surface area contributed by atoms with Crippen LogP contribution in [-0.2, 0) is 23.1 Å². The maximum atomic E-state index is 13.4. The van der Waals surface area contributed by atoms with Crippen LogP contribution >= 0.6 is 27.3 Å². The topological polar surface area (TPSA) is 53.0 Å². The van der Waals surface area contributed by atoms with Crippen LogP contribution in [0.15, 0.2) is 58.4 Å². The van der Waals surface area contributed by atoms with Gasteiger partial charge < -0.3 is 14.7 Å². The molecular formula is C33H35BrN2O3S. The number of thiophene rings is 1. The number of benzene rings is 2. The highest BCUT2D eigenvalue weighted by atomic mass is 79.9. The molecule has 2 fully saturated rings. The first kappa shape index (κ1) is 26.3. The zero-order chi connectivity index (χ0) is 27.6. The van der Waals surface area contributed by atoms with Crippen LogP contribution in [0.4, 0.5) is 0 Å². The van der Waals surface area contributed by atoms with Crippen molar-refractivity contribution in [2.45, 2.75) is 62.6 Å². The summed E-state index contributed by atoms with van der Waals surface area (Å²) >= 11 is 5.10. The number of carbonyl (C=O) groups excluding carboxylic acids is 1. The Kier molecular flexibility index (Phi) is 6.60. The van der Waals surface area contributed by atoms with Crippen molar-refractivity contribution >= 4 is 39.2 Å². The van der Waals surface area contributed by atoms with Crippen LogP contribution in [-0.4, -0.2) is 59.1 Å². The highest BCUT2D eigenvalue weighted by Gasteiger charge is 2.66. The molecular weight excluding hydrogens is 584 g/mol. The van der Waals surface area contributed by atoms with Gasteiger partial charge >= 0.3 is 0 Å². The summed E-state index contributed by atoms with van der Waals surface area (Å²) in [5.74, 6) is 1.38. The molecule has 7 heteroatoms. The third-order valence-corrected chi connectivity index (χ3v) is 11.8. The lowest BCUT2D eigenvalue weighted by molar-refractivity contribution is -0.135. The number of phenolic OH excluding ortho intramolecular Hbond substituents is 1. The third-order valence-electron chi connectivity index (χ3n) is 10.1. The normalized spacial score (nSPS) is 28.4. The van der Waals surface area contributed by atoms with Gasteiger partial charge in [-0.1, -0.05) is 30.3 Å². The van der Waals surface area contributed by atoms with E-state index in [0.29, 0.717) is 17.7 Å². The minimum atomic E-state index is -0.167. The second-order valence-electron chi connectivity index (χ2n) is 12.0. The van der Waals surface area contributed by atoms with Gasteiger partial charge in [-0.05, 0) is 102 Å². The predicted molar refractivity (Wildman–Crippen MR) is 163 cm³/mol. The van der Waals surface area contributed by atoms with Gasteiger partial charge in [0.05, 0.1) is 6.04 Å². The molecule has 1 aromatic heterocycles. The molecule has 7 rings (SSSR count). The molecule has 208 valence electrons. The first-order valence-corrected chi connectivity index (χ1v) is 16.0. The van der Waals surface area contributed by atoms with Gasteiger partial charge in [0.2, 0.25) is 5.91 Å². The first-order chi connectivity index (χ1) is 19.4. The average Bonchev–Trinajstić information content (AvgIpc) is 3.53. The molecule has 1 spiro atoms. The fourth-order valence-corrected chi connectivity index (χ4v) is 9.64. The first-order valence-electron chi connectivity index (χ1n) is 14.4. The van der Waals surface area contributed by atoms with E-state index in [1.165, 1.54) is 16.7 Å². The highest BCUT2D eigenvalue weighted by Crippen LogP contribution is 2.64. The molecule has 0 radical (unpaired) electrons. The number of halogens is 1. The molecule has 1 amide bonds. The van der Waals surface area contributed by atoms with E-state index in [1.807, 2.05) is 35.5 Å². The fourth-order valence-electron chi connectivity index (χ4n) is 8.31. The average molecular weight is 620 g/mol. The number of aromatic hydroxyl groups is 1. The number of nitrogens with zero attached hydrogens (tertiary/aromatic N) is 2. The number of likely N-dealkylation sites (tertiary alicyclic amines) is 1. The van der Waals surface area contributed by atoms with Gasteiger partial charge in [0.25, 0.3) is 0 Å². The van der Waals surface area contributed by atoms with E-state index in [2.05, 4.69) is 58.1 Å². The summed E-state index contributed by atoms with van der Waals surface area (Å²) in [6.45, 7) is 4.20. The van der Waals surface area contributed by atoms with Gasteiger partial charge in [0.1, 0.15) is 6.10 Å². The van der Waals surface area contributed by atoms with Crippen molar-refractivity contribution in [3.8, 4) is 11.5 Å². The fraction of sp³-hybridized carbons (Fsp3) is 0.424. The second kappa shape index (κ2) is 10.0. The Bertz CT molecular complexity index is 1490. The largest absolute Gasteiger partial charge is 0.504 e. The number of carbonyl (C=O) groups is 1. The summed E-state index contributed by atoms with van der Waals surface area (Å²) in [5.41, 5.74) is 4.99. The van der Waals surface area contributed by atoms with Crippen LogP contribution in [0.3, 0.4) is 0 Å². The molecule has 1 saturated carbocycles. The van der Waals surface area contributed by atoms with Crippen molar-refractivity contribution in [3.63, 3.8) is 0 Å². The summed E-state index contributed by atoms with van der Waals surface area (Å²) in [5, 5.41) is 13.1. The smallest absolute Gasteiger partial charge is 0.246 e. The quantitative estimate of drug-likeness (QED) is 0.327. The molecule has 40 heavy (non-hydrogen) atoms. The molecule has 1 saturated heterocycles. The monoisotopic (exact) mass is 618 g/mol. The SMILES string of the molecule is Cc1cc(O)c2c3c1C[C@@H]1[C@@H]4CC[C@@H](N(C)C(=O)/C=C/c5cc(Br)cs5)[C@H](O2)[C@]34CCN1CCc1ccccc1. The number of rotatable bonds is 6. The van der Waals surface area contributed by atoms with Crippen molar-refractivity contribution in [2.24, 2.45) is 5.92 Å². The van der Waals surface area contributed by atoms with Crippen molar-refractivity contribution < 1.29 is 14.6 Å². The lowest BCUT2D eigenvalue weighted by atomic mass is 9.50. The number of likely N-dealkylation sites (N-methyl/N-ethyl adjacent to an activating group) is 1. The van der Waals surface area contributed by atoms with Crippen molar-refractivity contribution in [1.29, 1.82) is 0 Å². The summed E-state index contributed by atoms with van der Waals surface area (Å²) < 4.78 is 7.82. The van der Waals surface area contributed by atoms with E-state index >= 15 is 0 Å². The molecule has 2 bridgehead atoms. The van der Waals surface area contributed by atoms with Crippen LogP contribution in [0, 0.1) is 12.8 Å². The Morgan fingerprint density at radius 2 is 2.10 bits per heavy atom. The minimum Gasteiger partial charge on any atom is -0.504 e. The molecule has 4 aliphatic rings. The third kappa shape index (κ3) is 4.07. The van der Waals surface area contributed by atoms with Gasteiger partial charge in [0.15, 0.2) is 11.5 Å². The molecule has 5 atom stereocenters. The van der Waals surface area contributed by atoms with Crippen LogP contribution in [0.25, 0.3) is 6.08 Å². The Balaban J connectivity index is 1.21. The molecule has 5 nitrogen and oxygen atoms in total. The molecule has 2 aromatic carbocycles. The number of ether oxygens (including phenoxy) is 1. The number of hydrogen-bond acceptors (Lipinski definition) is 5. The number of hydrogen-bond donors (Lipinski definition) is 1. The van der Waals surface area contributed by atoms with E-state index in [9.17, 15) is 9.90 Å². The van der Waals surface area contributed by atoms with E-state index in [4.69, 9.17) is 4.74 Å². The number of piperidine rings is 1. The molecule has 2 aliphatic heterocycles. The predicted octanol–water partition coefficient (Wildman–Crippen LogP) is 6.35. The molecule has 2 aliphatic carbocycles.